The van der Waals surface area contributed by atoms with Crippen molar-refractivity contribution < 1.29 is 0 Å². The minimum atomic E-state index is 1.13. The molecule has 10 aromatic rings. The second-order valence-electron chi connectivity index (χ2n) is 12.5. The molecule has 0 amide bonds. The van der Waals surface area contributed by atoms with E-state index >= 15 is 0 Å². The van der Waals surface area contributed by atoms with E-state index in [2.05, 4.69) is 181 Å². The van der Waals surface area contributed by atoms with E-state index in [9.17, 15) is 0 Å². The van der Waals surface area contributed by atoms with Crippen molar-refractivity contribution in [1.82, 2.24) is 0 Å². The summed E-state index contributed by atoms with van der Waals surface area (Å²) >= 11 is 3.75. The summed E-state index contributed by atoms with van der Waals surface area (Å²) in [6, 6.07) is 64.3. The third-order valence-corrected chi connectivity index (χ3v) is 12.0. The maximum absolute atomic E-state index is 2.42. The lowest BCUT2D eigenvalue weighted by molar-refractivity contribution is 1.30. The standard InChI is InChI=1S/C46H29NS2/c1-2-9-30(10-3-1)31-17-23-35(24-18-31)47(41-14-8-16-44-45(41)39-13-6-7-15-42(39)48-44)36-25-19-32(20-26-36)34-22-28-43-40(29-34)38-27-21-33-11-4-5-12-37(33)46(38)49-43/h1-29H. The summed E-state index contributed by atoms with van der Waals surface area (Å²) in [4.78, 5) is 2.42. The van der Waals surface area contributed by atoms with Crippen LogP contribution in [0.2, 0.25) is 0 Å². The van der Waals surface area contributed by atoms with Crippen molar-refractivity contribution in [3.05, 3.63) is 176 Å². The van der Waals surface area contributed by atoms with Gasteiger partial charge in [0.2, 0.25) is 0 Å². The molecule has 0 unspecified atom stereocenters. The molecule has 0 aliphatic heterocycles. The monoisotopic (exact) mass is 659 g/mol. The molecule has 2 heterocycles. The predicted octanol–water partition coefficient (Wildman–Crippen LogP) is 14.4. The van der Waals surface area contributed by atoms with Gasteiger partial charge >= 0.3 is 0 Å². The molecule has 49 heavy (non-hydrogen) atoms. The molecule has 8 aromatic carbocycles. The van der Waals surface area contributed by atoms with Crippen LogP contribution in [0.4, 0.5) is 17.1 Å². The Balaban J connectivity index is 1.10. The molecule has 1 nitrogen and oxygen atoms in total. The molecule has 3 heteroatoms. The fraction of sp³-hybridized carbons (Fsp3) is 0. The molecule has 0 radical (unpaired) electrons. The van der Waals surface area contributed by atoms with Gasteiger partial charge in [-0.25, -0.2) is 0 Å². The van der Waals surface area contributed by atoms with E-state index in [-0.39, 0.29) is 0 Å². The van der Waals surface area contributed by atoms with Gasteiger partial charge in [-0.3, -0.25) is 0 Å². The highest BCUT2D eigenvalue weighted by atomic mass is 32.1. The Morgan fingerprint density at radius 2 is 0.959 bits per heavy atom. The number of rotatable bonds is 5. The third kappa shape index (κ3) is 4.74. The number of fused-ring (bicyclic) bond motifs is 8. The van der Waals surface area contributed by atoms with Crippen LogP contribution in [0.1, 0.15) is 0 Å². The molecule has 10 rings (SSSR count). The van der Waals surface area contributed by atoms with Crippen LogP contribution in [0.5, 0.6) is 0 Å². The first-order valence-corrected chi connectivity index (χ1v) is 18.2. The molecule has 0 bridgehead atoms. The first-order chi connectivity index (χ1) is 24.3. The quantitative estimate of drug-likeness (QED) is 0.178. The second kappa shape index (κ2) is 11.5. The smallest absolute Gasteiger partial charge is 0.0554 e. The summed E-state index contributed by atoms with van der Waals surface area (Å²) in [6.45, 7) is 0. The molecular formula is C46H29NS2. The highest BCUT2D eigenvalue weighted by molar-refractivity contribution is 7.26. The summed E-state index contributed by atoms with van der Waals surface area (Å²) in [6.07, 6.45) is 0. The van der Waals surface area contributed by atoms with E-state index in [1.807, 2.05) is 22.7 Å². The van der Waals surface area contributed by atoms with Gasteiger partial charge in [0.15, 0.2) is 0 Å². The minimum Gasteiger partial charge on any atom is -0.310 e. The number of thiophene rings is 2. The molecule has 230 valence electrons. The molecule has 0 N–H and O–H groups in total. The molecule has 0 fully saturated rings. The zero-order chi connectivity index (χ0) is 32.3. The van der Waals surface area contributed by atoms with Crippen molar-refractivity contribution in [2.75, 3.05) is 4.90 Å². The van der Waals surface area contributed by atoms with Crippen molar-refractivity contribution in [3.63, 3.8) is 0 Å². The normalized spacial score (nSPS) is 11.7. The zero-order valence-corrected chi connectivity index (χ0v) is 28.1. The van der Waals surface area contributed by atoms with Gasteiger partial charge < -0.3 is 4.90 Å². The lowest BCUT2D eigenvalue weighted by Gasteiger charge is -2.27. The number of anilines is 3. The van der Waals surface area contributed by atoms with E-state index < -0.39 is 0 Å². The Labute approximate surface area is 292 Å². The molecule has 0 atom stereocenters. The molecule has 0 aliphatic carbocycles. The zero-order valence-electron chi connectivity index (χ0n) is 26.5. The fourth-order valence-electron chi connectivity index (χ4n) is 7.29. The van der Waals surface area contributed by atoms with Crippen LogP contribution < -0.4 is 4.90 Å². The van der Waals surface area contributed by atoms with E-state index in [4.69, 9.17) is 0 Å². The van der Waals surface area contributed by atoms with Crippen molar-refractivity contribution in [3.8, 4) is 22.3 Å². The molecule has 0 spiro atoms. The van der Waals surface area contributed by atoms with Crippen molar-refractivity contribution in [2.45, 2.75) is 0 Å². The van der Waals surface area contributed by atoms with Crippen LogP contribution in [0, 0.1) is 0 Å². The van der Waals surface area contributed by atoms with Gasteiger partial charge in [0, 0.05) is 51.7 Å². The summed E-state index contributed by atoms with van der Waals surface area (Å²) in [5.74, 6) is 0. The van der Waals surface area contributed by atoms with Crippen molar-refractivity contribution in [1.29, 1.82) is 0 Å². The highest BCUT2D eigenvalue weighted by Gasteiger charge is 2.19. The molecular weight excluding hydrogens is 631 g/mol. The van der Waals surface area contributed by atoms with Crippen LogP contribution in [0.3, 0.4) is 0 Å². The summed E-state index contributed by atoms with van der Waals surface area (Å²) in [7, 11) is 0. The summed E-state index contributed by atoms with van der Waals surface area (Å²) < 4.78 is 5.30. The fourth-order valence-corrected chi connectivity index (χ4v) is 9.64. The van der Waals surface area contributed by atoms with Gasteiger partial charge in [-0.2, -0.15) is 0 Å². The van der Waals surface area contributed by atoms with Crippen LogP contribution >= 0.6 is 22.7 Å². The van der Waals surface area contributed by atoms with Crippen molar-refractivity contribution in [2.24, 2.45) is 0 Å². The van der Waals surface area contributed by atoms with Crippen LogP contribution in [-0.2, 0) is 0 Å². The second-order valence-corrected chi connectivity index (χ2v) is 14.7. The Morgan fingerprint density at radius 3 is 1.76 bits per heavy atom. The highest BCUT2D eigenvalue weighted by Crippen LogP contribution is 2.46. The Bertz CT molecular complexity index is 2810. The average molecular weight is 660 g/mol. The summed E-state index contributed by atoms with van der Waals surface area (Å²) in [5, 5.41) is 7.87. The molecule has 0 saturated carbocycles. The molecule has 0 aliphatic rings. The lowest BCUT2D eigenvalue weighted by Crippen LogP contribution is -2.10. The number of hydrogen-bond acceptors (Lipinski definition) is 3. The average Bonchev–Trinajstić information content (AvgIpc) is 3.75. The third-order valence-electron chi connectivity index (χ3n) is 9.67. The van der Waals surface area contributed by atoms with Gasteiger partial charge in [0.25, 0.3) is 0 Å². The number of hydrogen-bond donors (Lipinski definition) is 0. The largest absolute Gasteiger partial charge is 0.310 e. The lowest BCUT2D eigenvalue weighted by atomic mass is 10.0. The van der Waals surface area contributed by atoms with E-state index in [1.54, 1.807) is 0 Å². The van der Waals surface area contributed by atoms with Crippen LogP contribution in [-0.4, -0.2) is 0 Å². The topological polar surface area (TPSA) is 3.24 Å². The Morgan fingerprint density at radius 1 is 0.347 bits per heavy atom. The maximum atomic E-state index is 2.42. The first-order valence-electron chi connectivity index (χ1n) is 16.6. The van der Waals surface area contributed by atoms with Crippen molar-refractivity contribution >= 4 is 90.9 Å². The predicted molar refractivity (Wildman–Crippen MR) is 215 cm³/mol. The molecule has 0 saturated heterocycles. The Hall–Kier alpha value is -5.74. The summed E-state index contributed by atoms with van der Waals surface area (Å²) in [5.41, 5.74) is 8.33. The van der Waals surface area contributed by atoms with Gasteiger partial charge in [-0.15, -0.1) is 22.7 Å². The molecule has 2 aromatic heterocycles. The SMILES string of the molecule is c1ccc(-c2ccc(N(c3ccc(-c4ccc5sc6c7ccccc7ccc6c5c4)cc3)c3cccc4sc5ccccc5c34)cc2)cc1. The van der Waals surface area contributed by atoms with E-state index in [0.29, 0.717) is 0 Å². The van der Waals surface area contributed by atoms with E-state index in [0.717, 1.165) is 11.4 Å². The van der Waals surface area contributed by atoms with Crippen LogP contribution in [0.25, 0.3) is 73.4 Å². The van der Waals surface area contributed by atoms with Crippen LogP contribution in [0.15, 0.2) is 176 Å². The first kappa shape index (κ1) is 28.3. The van der Waals surface area contributed by atoms with Gasteiger partial charge in [0.05, 0.1) is 5.69 Å². The minimum absolute atomic E-state index is 1.13. The number of nitrogens with zero attached hydrogens (tertiary/aromatic N) is 1. The Kier molecular flexibility index (Phi) is 6.61. The van der Waals surface area contributed by atoms with Gasteiger partial charge in [0.1, 0.15) is 0 Å². The van der Waals surface area contributed by atoms with E-state index in [1.165, 1.54) is 79.1 Å². The van der Waals surface area contributed by atoms with Gasteiger partial charge in [-0.1, -0.05) is 121 Å². The van der Waals surface area contributed by atoms with Gasteiger partial charge in [-0.05, 0) is 87.6 Å². The number of benzene rings is 8. The maximum Gasteiger partial charge on any atom is 0.0554 e.